The number of rotatable bonds is 0. The topological polar surface area (TPSA) is 37.1 Å². The monoisotopic (exact) mass is 227 g/mol. The molecule has 0 radical (unpaired) electrons. The third kappa shape index (κ3) is 2.73. The molecule has 11 heavy (non-hydrogen) atoms. The van der Waals surface area contributed by atoms with Gasteiger partial charge in [0.15, 0.2) is 0 Å². The van der Waals surface area contributed by atoms with Crippen molar-refractivity contribution in [3.63, 3.8) is 0 Å². The molecule has 1 aliphatic rings. The van der Waals surface area contributed by atoms with Gasteiger partial charge in [0.2, 0.25) is 0 Å². The Morgan fingerprint density at radius 2 is 1.64 bits per heavy atom. The highest BCUT2D eigenvalue weighted by atomic mass is 31.3. The van der Waals surface area contributed by atoms with Gasteiger partial charge in [0.25, 0.3) is 0 Å². The molecule has 0 saturated heterocycles. The molecule has 0 aromatic heterocycles. The Morgan fingerprint density at radius 3 is 2.00 bits per heavy atom. The highest BCUT2D eigenvalue weighted by molar-refractivity contribution is 7.75. The molecule has 10 heteroatoms. The normalized spacial score (nSPS) is 33.0. The van der Waals surface area contributed by atoms with E-state index in [4.69, 9.17) is 0 Å². The van der Waals surface area contributed by atoms with Crippen LogP contribution < -0.4 is 0 Å². The summed E-state index contributed by atoms with van der Waals surface area (Å²) in [6.07, 6.45) is 0. The first-order valence-electron chi connectivity index (χ1n) is 2.42. The van der Waals surface area contributed by atoms with Crippen LogP contribution >= 0.6 is 23.5 Å². The Balaban J connectivity index is 3.31. The zero-order valence-electron chi connectivity index (χ0n) is 5.25. The second-order valence-corrected chi connectivity index (χ2v) is 6.98. The summed E-state index contributed by atoms with van der Waals surface area (Å²) in [6, 6.07) is 0. The number of halogens is 4. The average molecular weight is 227 g/mol. The average Bonchev–Trinajstić information content (AvgIpc) is 1.49. The van der Waals surface area contributed by atoms with Crippen molar-refractivity contribution in [2.45, 2.75) is 0 Å². The van der Waals surface area contributed by atoms with Gasteiger partial charge in [0, 0.05) is 0 Å². The Hall–Kier alpha value is 0.410. The maximum absolute atomic E-state index is 12.2. The Morgan fingerprint density at radius 1 is 1.09 bits per heavy atom. The van der Waals surface area contributed by atoms with E-state index in [9.17, 15) is 16.8 Å². The van der Waals surface area contributed by atoms with E-state index in [-0.39, 0.29) is 0 Å². The van der Waals surface area contributed by atoms with Crippen molar-refractivity contribution in [3.8, 4) is 0 Å². The second-order valence-electron chi connectivity index (χ2n) is 1.75. The van der Waals surface area contributed by atoms with Crippen LogP contribution in [0.5, 0.6) is 0 Å². The van der Waals surface area contributed by atoms with E-state index in [1.165, 1.54) is 6.66 Å². The minimum absolute atomic E-state index is 1.20. The van der Waals surface area contributed by atoms with Gasteiger partial charge in [-0.05, 0) is 6.66 Å². The van der Waals surface area contributed by atoms with Crippen molar-refractivity contribution in [1.82, 2.24) is 0 Å². The van der Waals surface area contributed by atoms with Gasteiger partial charge in [0.1, 0.15) is 0 Å². The Kier molecular flexibility index (Phi) is 2.35. The molecule has 0 aliphatic carbocycles. The molecular formula is CH4F4N3P3. The molecule has 1 atom stereocenters. The molecule has 66 valence electrons. The third-order valence-electron chi connectivity index (χ3n) is 0.745. The maximum Gasteiger partial charge on any atom is 0.421 e. The van der Waals surface area contributed by atoms with E-state index in [0.717, 1.165) is 0 Å². The van der Waals surface area contributed by atoms with E-state index >= 15 is 0 Å². The summed E-state index contributed by atoms with van der Waals surface area (Å²) in [4.78, 5) is 0. The fourth-order valence-electron chi connectivity index (χ4n) is 0.538. The minimum atomic E-state index is -5.01. The van der Waals surface area contributed by atoms with E-state index in [1.807, 2.05) is 4.52 Å². The van der Waals surface area contributed by atoms with E-state index < -0.39 is 23.5 Å². The molecule has 0 aromatic carbocycles. The van der Waals surface area contributed by atoms with Crippen LogP contribution in [-0.4, -0.2) is 6.66 Å². The van der Waals surface area contributed by atoms with Gasteiger partial charge in [-0.1, -0.05) is 0 Å². The smallest absolute Gasteiger partial charge is 0.188 e. The van der Waals surface area contributed by atoms with Gasteiger partial charge in [0.05, 0.1) is 7.86 Å². The summed E-state index contributed by atoms with van der Waals surface area (Å²) in [5, 5.41) is 0. The summed E-state index contributed by atoms with van der Waals surface area (Å²) in [7, 11) is -12.3. The molecule has 1 aliphatic heterocycles. The highest BCUT2D eigenvalue weighted by Gasteiger charge is 2.29. The number of hydrogen-bond donors (Lipinski definition) is 0. The van der Waals surface area contributed by atoms with Crippen LogP contribution in [0.4, 0.5) is 16.8 Å². The van der Waals surface area contributed by atoms with Crippen molar-refractivity contribution in [3.05, 3.63) is 0 Å². The van der Waals surface area contributed by atoms with Crippen molar-refractivity contribution in [2.24, 2.45) is 13.5 Å². The number of hydrogen-bond acceptors (Lipinski definition) is 3. The standard InChI is InChI=1S/CH4F4N3P3/c1-9-6-10(2,3)8-11(4,5)7-9/h9H,1H3. The van der Waals surface area contributed by atoms with Crippen molar-refractivity contribution in [1.29, 1.82) is 0 Å². The largest absolute Gasteiger partial charge is 0.421 e. The summed E-state index contributed by atoms with van der Waals surface area (Å²) >= 11 is 0. The molecule has 0 N–H and O–H groups in total. The van der Waals surface area contributed by atoms with Gasteiger partial charge in [-0.25, -0.2) is 0 Å². The molecule has 0 amide bonds. The first kappa shape index (κ1) is 9.50. The summed E-state index contributed by atoms with van der Waals surface area (Å²) in [6.45, 7) is 1.20. The van der Waals surface area contributed by atoms with Gasteiger partial charge >= 0.3 is 15.7 Å². The lowest BCUT2D eigenvalue weighted by molar-refractivity contribution is 0.701. The Labute approximate surface area is 61.4 Å². The molecule has 3 nitrogen and oxygen atoms in total. The molecule has 0 saturated carbocycles. The van der Waals surface area contributed by atoms with Crippen molar-refractivity contribution < 1.29 is 16.8 Å². The van der Waals surface area contributed by atoms with Gasteiger partial charge in [-0.2, -0.15) is 9.03 Å². The van der Waals surface area contributed by atoms with Crippen LogP contribution in [0, 0.1) is 0 Å². The molecular weight excluding hydrogens is 223 g/mol. The Bertz CT molecular complexity index is 299. The second kappa shape index (κ2) is 2.72. The summed E-state index contributed by atoms with van der Waals surface area (Å²) < 4.78 is 56.6. The van der Waals surface area contributed by atoms with Crippen LogP contribution in [0.15, 0.2) is 13.5 Å². The van der Waals surface area contributed by atoms with Crippen LogP contribution in [0.3, 0.4) is 0 Å². The number of nitrogens with zero attached hydrogens (tertiary/aromatic N) is 3. The first-order valence-corrected chi connectivity index (χ1v) is 7.27. The van der Waals surface area contributed by atoms with Crippen LogP contribution in [0.25, 0.3) is 0 Å². The van der Waals surface area contributed by atoms with E-state index in [2.05, 4.69) is 9.03 Å². The third-order valence-corrected chi connectivity index (χ3v) is 6.71. The zero-order chi connectivity index (χ0) is 8.70. The van der Waals surface area contributed by atoms with Gasteiger partial charge < -0.3 is 0 Å². The zero-order valence-corrected chi connectivity index (χ0v) is 8.04. The van der Waals surface area contributed by atoms with E-state index in [0.29, 0.717) is 0 Å². The lowest BCUT2D eigenvalue weighted by Crippen LogP contribution is -1.63. The predicted molar refractivity (Wildman–Crippen MR) is 39.8 cm³/mol. The van der Waals surface area contributed by atoms with Crippen LogP contribution in [0.1, 0.15) is 0 Å². The lowest BCUT2D eigenvalue weighted by atomic mass is 12.0. The minimum Gasteiger partial charge on any atom is -0.188 e. The van der Waals surface area contributed by atoms with Crippen molar-refractivity contribution >= 4 is 23.5 Å². The molecule has 0 bridgehead atoms. The van der Waals surface area contributed by atoms with Gasteiger partial charge in [-0.15, -0.1) is 21.3 Å². The summed E-state index contributed by atoms with van der Waals surface area (Å²) in [5.41, 5.74) is 0. The first-order chi connectivity index (χ1) is 4.81. The molecule has 1 heterocycles. The molecule has 0 aromatic rings. The van der Waals surface area contributed by atoms with Gasteiger partial charge in [-0.3, -0.25) is 0 Å². The van der Waals surface area contributed by atoms with E-state index in [1.54, 1.807) is 0 Å². The summed E-state index contributed by atoms with van der Waals surface area (Å²) in [5.74, 6) is 0. The highest BCUT2D eigenvalue weighted by Crippen LogP contribution is 2.75. The van der Waals surface area contributed by atoms with Crippen molar-refractivity contribution in [2.75, 3.05) is 6.66 Å². The fourth-order valence-corrected chi connectivity index (χ4v) is 5.92. The molecule has 1 unspecified atom stereocenters. The lowest BCUT2D eigenvalue weighted by Gasteiger charge is -2.08. The fraction of sp³-hybridized carbons (Fsp3) is 1.00. The molecule has 0 fully saturated rings. The molecule has 1 rings (SSSR count). The van der Waals surface area contributed by atoms with Crippen LogP contribution in [0.2, 0.25) is 0 Å². The molecule has 0 spiro atoms. The SMILES string of the molecule is C[PH]1=NP(F)(F)=NP(F)(F)=N1. The predicted octanol–water partition coefficient (Wildman–Crippen LogP) is 4.71. The quantitative estimate of drug-likeness (QED) is 0.424. The maximum atomic E-state index is 12.2. The van der Waals surface area contributed by atoms with Crippen LogP contribution in [-0.2, 0) is 0 Å².